The van der Waals surface area contributed by atoms with Crippen LogP contribution in [0.3, 0.4) is 0 Å². The van der Waals surface area contributed by atoms with Gasteiger partial charge in [0.1, 0.15) is 34.4 Å². The van der Waals surface area contributed by atoms with Gasteiger partial charge in [0.25, 0.3) is 0 Å². The van der Waals surface area contributed by atoms with Gasteiger partial charge in [-0.2, -0.15) is 5.10 Å². The van der Waals surface area contributed by atoms with E-state index < -0.39 is 24.1 Å². The van der Waals surface area contributed by atoms with E-state index in [9.17, 15) is 18.8 Å². The van der Waals surface area contributed by atoms with Gasteiger partial charge in [0.15, 0.2) is 5.78 Å². The van der Waals surface area contributed by atoms with Crippen molar-refractivity contribution in [3.05, 3.63) is 58.5 Å². The standard InChI is InChI=1S/C24H24BrFN6O4/c1-3-36-24(35)18-12-31(30-23(18)15-9-27-14(2)28-10-15)13-22(34)32-11-16(26)7-19(32)20(33)8-17-5-4-6-21(25)29-17/h4-6,9-10,12,16,19H,3,7-8,11,13H2,1-2H3/t16-,19+/m1/s1. The summed E-state index contributed by atoms with van der Waals surface area (Å²) < 4.78 is 21.3. The zero-order valence-electron chi connectivity index (χ0n) is 19.7. The number of rotatable bonds is 8. The molecular formula is C24H24BrFN6O4. The van der Waals surface area contributed by atoms with E-state index in [-0.39, 0.29) is 49.6 Å². The Morgan fingerprint density at radius 1 is 1.22 bits per heavy atom. The third kappa shape index (κ3) is 5.81. The van der Waals surface area contributed by atoms with Gasteiger partial charge in [0.05, 0.1) is 25.6 Å². The lowest BCUT2D eigenvalue weighted by Crippen LogP contribution is -2.43. The van der Waals surface area contributed by atoms with Crippen molar-refractivity contribution in [1.29, 1.82) is 0 Å². The number of halogens is 2. The van der Waals surface area contributed by atoms with Crippen LogP contribution in [0.2, 0.25) is 0 Å². The Bertz CT molecular complexity index is 1280. The number of ether oxygens (including phenoxy) is 1. The van der Waals surface area contributed by atoms with Gasteiger partial charge in [0.2, 0.25) is 5.91 Å². The first kappa shape index (κ1) is 25.5. The highest BCUT2D eigenvalue weighted by Gasteiger charge is 2.39. The number of nitrogens with zero attached hydrogens (tertiary/aromatic N) is 6. The van der Waals surface area contributed by atoms with Crippen molar-refractivity contribution in [3.8, 4) is 11.3 Å². The van der Waals surface area contributed by atoms with Crippen LogP contribution >= 0.6 is 15.9 Å². The molecular weight excluding hydrogens is 535 g/mol. The Hall–Kier alpha value is -3.54. The third-order valence-electron chi connectivity index (χ3n) is 5.68. The van der Waals surface area contributed by atoms with Crippen LogP contribution in [0.4, 0.5) is 4.39 Å². The molecule has 0 saturated carbocycles. The maximum Gasteiger partial charge on any atom is 0.341 e. The molecule has 0 radical (unpaired) electrons. The quantitative estimate of drug-likeness (QED) is 0.305. The molecule has 0 bridgehead atoms. The van der Waals surface area contributed by atoms with E-state index in [1.807, 2.05) is 0 Å². The van der Waals surface area contributed by atoms with Crippen LogP contribution in [-0.2, 0) is 27.3 Å². The Morgan fingerprint density at radius 2 is 1.97 bits per heavy atom. The summed E-state index contributed by atoms with van der Waals surface area (Å²) in [5, 5.41) is 4.39. The van der Waals surface area contributed by atoms with Gasteiger partial charge in [-0.15, -0.1) is 0 Å². The number of likely N-dealkylation sites (tertiary alicyclic amines) is 1. The van der Waals surface area contributed by atoms with Crippen molar-refractivity contribution in [1.82, 2.24) is 29.6 Å². The van der Waals surface area contributed by atoms with E-state index in [2.05, 4.69) is 36.0 Å². The number of carbonyl (C=O) groups is 3. The van der Waals surface area contributed by atoms with E-state index in [4.69, 9.17) is 4.74 Å². The highest BCUT2D eigenvalue weighted by molar-refractivity contribution is 9.10. The van der Waals surface area contributed by atoms with Crippen molar-refractivity contribution < 1.29 is 23.5 Å². The number of esters is 1. The molecule has 0 N–H and O–H groups in total. The molecule has 3 aromatic heterocycles. The molecule has 0 aliphatic carbocycles. The monoisotopic (exact) mass is 558 g/mol. The second-order valence-corrected chi connectivity index (χ2v) is 9.13. The van der Waals surface area contributed by atoms with Gasteiger partial charge in [-0.25, -0.2) is 24.1 Å². The summed E-state index contributed by atoms with van der Waals surface area (Å²) in [6, 6.07) is 4.29. The lowest BCUT2D eigenvalue weighted by Gasteiger charge is -2.23. The van der Waals surface area contributed by atoms with Gasteiger partial charge < -0.3 is 9.64 Å². The largest absolute Gasteiger partial charge is 0.462 e. The molecule has 1 saturated heterocycles. The van der Waals surface area contributed by atoms with Crippen LogP contribution in [0, 0.1) is 6.92 Å². The Balaban J connectivity index is 1.54. The average Bonchev–Trinajstić information content (AvgIpc) is 3.43. The van der Waals surface area contributed by atoms with Crippen molar-refractivity contribution in [2.45, 2.75) is 45.4 Å². The minimum atomic E-state index is -1.31. The van der Waals surface area contributed by atoms with Gasteiger partial charge >= 0.3 is 5.97 Å². The molecule has 2 atom stereocenters. The molecule has 12 heteroatoms. The van der Waals surface area contributed by atoms with Crippen molar-refractivity contribution in [2.75, 3.05) is 13.2 Å². The molecule has 36 heavy (non-hydrogen) atoms. The van der Waals surface area contributed by atoms with E-state index in [0.29, 0.717) is 21.7 Å². The van der Waals surface area contributed by atoms with Crippen LogP contribution in [0.1, 0.15) is 35.2 Å². The number of ketones is 1. The fourth-order valence-electron chi connectivity index (χ4n) is 4.03. The molecule has 0 unspecified atom stereocenters. The van der Waals surface area contributed by atoms with E-state index >= 15 is 0 Å². The molecule has 188 valence electrons. The number of aromatic nitrogens is 5. The summed E-state index contributed by atoms with van der Waals surface area (Å²) in [4.78, 5) is 52.4. The fourth-order valence-corrected chi connectivity index (χ4v) is 4.41. The van der Waals surface area contributed by atoms with Gasteiger partial charge in [-0.05, 0) is 41.9 Å². The van der Waals surface area contributed by atoms with Crippen LogP contribution in [-0.4, -0.2) is 72.7 Å². The molecule has 1 amide bonds. The summed E-state index contributed by atoms with van der Waals surface area (Å²) in [6.07, 6.45) is 3.05. The number of alkyl halides is 1. The number of pyridine rings is 1. The van der Waals surface area contributed by atoms with Gasteiger partial charge in [-0.3, -0.25) is 14.3 Å². The molecule has 0 aromatic carbocycles. The number of carbonyl (C=O) groups excluding carboxylic acids is 3. The molecule has 4 heterocycles. The molecule has 0 spiro atoms. The normalized spacial score (nSPS) is 17.3. The van der Waals surface area contributed by atoms with Crippen molar-refractivity contribution in [2.24, 2.45) is 0 Å². The number of amides is 1. The molecule has 3 aromatic rings. The van der Waals surface area contributed by atoms with E-state index in [0.717, 1.165) is 0 Å². The van der Waals surface area contributed by atoms with Crippen LogP contribution in [0.25, 0.3) is 11.3 Å². The van der Waals surface area contributed by atoms with Crippen LogP contribution in [0.5, 0.6) is 0 Å². The summed E-state index contributed by atoms with van der Waals surface area (Å²) in [6.45, 7) is 3.10. The number of aryl methyl sites for hydroxylation is 1. The summed E-state index contributed by atoms with van der Waals surface area (Å²) >= 11 is 3.27. The predicted molar refractivity (Wildman–Crippen MR) is 130 cm³/mol. The third-order valence-corrected chi connectivity index (χ3v) is 6.12. The lowest BCUT2D eigenvalue weighted by molar-refractivity contribution is -0.138. The molecule has 10 nitrogen and oxygen atoms in total. The summed E-state index contributed by atoms with van der Waals surface area (Å²) in [5.74, 6) is -0.833. The Morgan fingerprint density at radius 3 is 2.67 bits per heavy atom. The summed E-state index contributed by atoms with van der Waals surface area (Å²) in [5.41, 5.74) is 1.42. The highest BCUT2D eigenvalue weighted by atomic mass is 79.9. The Labute approximate surface area is 215 Å². The topological polar surface area (TPSA) is 120 Å². The maximum atomic E-state index is 14.3. The summed E-state index contributed by atoms with van der Waals surface area (Å²) in [7, 11) is 0. The predicted octanol–water partition coefficient (Wildman–Crippen LogP) is 2.73. The minimum absolute atomic E-state index is 0.0209. The Kier molecular flexibility index (Phi) is 7.82. The van der Waals surface area contributed by atoms with Gasteiger partial charge in [-0.1, -0.05) is 6.07 Å². The maximum absolute atomic E-state index is 14.3. The fraction of sp³-hybridized carbons (Fsp3) is 0.375. The van der Waals surface area contributed by atoms with E-state index in [1.165, 1.54) is 28.2 Å². The number of hydrogen-bond acceptors (Lipinski definition) is 8. The number of Topliss-reactive ketones (excluding diaryl/α,β-unsaturated/α-hetero) is 1. The smallest absolute Gasteiger partial charge is 0.341 e. The second-order valence-electron chi connectivity index (χ2n) is 8.32. The van der Waals surface area contributed by atoms with Crippen molar-refractivity contribution in [3.63, 3.8) is 0 Å². The zero-order chi connectivity index (χ0) is 25.8. The lowest BCUT2D eigenvalue weighted by atomic mass is 10.0. The first-order chi connectivity index (χ1) is 17.2. The molecule has 4 rings (SSSR count). The first-order valence-corrected chi connectivity index (χ1v) is 12.2. The first-order valence-electron chi connectivity index (χ1n) is 11.4. The highest BCUT2D eigenvalue weighted by Crippen LogP contribution is 2.25. The van der Waals surface area contributed by atoms with Gasteiger partial charge in [0, 0.05) is 36.3 Å². The number of hydrogen-bond donors (Lipinski definition) is 0. The van der Waals surface area contributed by atoms with Crippen LogP contribution in [0.15, 0.2) is 41.4 Å². The van der Waals surface area contributed by atoms with Crippen LogP contribution < -0.4 is 0 Å². The minimum Gasteiger partial charge on any atom is -0.462 e. The molecule has 1 aliphatic heterocycles. The molecule has 1 aliphatic rings. The zero-order valence-corrected chi connectivity index (χ0v) is 21.3. The van der Waals surface area contributed by atoms with E-state index in [1.54, 1.807) is 32.0 Å². The average molecular weight is 559 g/mol. The van der Waals surface area contributed by atoms with Crippen molar-refractivity contribution >= 4 is 33.6 Å². The molecule has 1 fully saturated rings. The second kappa shape index (κ2) is 11.0. The SMILES string of the molecule is CCOC(=O)c1cn(CC(=O)N2C[C@H](F)C[C@H]2C(=O)Cc2cccc(Br)n2)nc1-c1cnc(C)nc1.